The van der Waals surface area contributed by atoms with Crippen LogP contribution in [0, 0.1) is 5.82 Å². The molecule has 1 N–H and O–H groups in total. The molecule has 0 saturated carbocycles. The molecular weight excluding hydrogens is 357 g/mol. The Morgan fingerprint density at radius 1 is 1.07 bits per heavy atom. The largest absolute Gasteiger partial charge is 0.507 e. The maximum atomic E-state index is 13.8. The van der Waals surface area contributed by atoms with Gasteiger partial charge in [0.1, 0.15) is 17.4 Å². The van der Waals surface area contributed by atoms with Crippen LogP contribution in [0.25, 0.3) is 22.3 Å². The first-order valence-electron chi connectivity index (χ1n) is 8.81. The summed E-state index contributed by atoms with van der Waals surface area (Å²) in [6, 6.07) is 14.3. The molecule has 28 heavy (non-hydrogen) atoms. The Morgan fingerprint density at radius 2 is 1.86 bits per heavy atom. The summed E-state index contributed by atoms with van der Waals surface area (Å²) < 4.78 is 15.3. The number of nitrogens with zero attached hydrogens (tertiary/aromatic N) is 3. The van der Waals surface area contributed by atoms with Crippen molar-refractivity contribution in [3.8, 4) is 17.1 Å². The zero-order valence-corrected chi connectivity index (χ0v) is 15.4. The minimum atomic E-state index is -0.851. The van der Waals surface area contributed by atoms with Crippen LogP contribution >= 0.6 is 0 Å². The summed E-state index contributed by atoms with van der Waals surface area (Å²) in [6.45, 7) is 3.73. The predicted octanol–water partition coefficient (Wildman–Crippen LogP) is 4.09. The second-order valence-corrected chi connectivity index (χ2v) is 7.06. The molecule has 0 bridgehead atoms. The van der Waals surface area contributed by atoms with E-state index in [0.29, 0.717) is 16.9 Å². The van der Waals surface area contributed by atoms with Crippen molar-refractivity contribution < 1.29 is 9.50 Å². The van der Waals surface area contributed by atoms with Crippen LogP contribution in [-0.4, -0.2) is 19.6 Å². The smallest absolute Gasteiger partial charge is 0.262 e. The molecule has 2 heterocycles. The van der Waals surface area contributed by atoms with Crippen LogP contribution in [0.4, 0.5) is 4.39 Å². The van der Waals surface area contributed by atoms with E-state index in [0.717, 1.165) is 5.56 Å². The Hall–Kier alpha value is -3.54. The maximum absolute atomic E-state index is 13.8. The third-order valence-corrected chi connectivity index (χ3v) is 4.90. The van der Waals surface area contributed by atoms with Crippen LogP contribution in [0.15, 0.2) is 71.8 Å². The van der Waals surface area contributed by atoms with Crippen LogP contribution in [-0.2, 0) is 5.54 Å². The van der Waals surface area contributed by atoms with E-state index in [1.807, 2.05) is 19.9 Å². The van der Waals surface area contributed by atoms with Gasteiger partial charge in [-0.25, -0.2) is 9.37 Å². The van der Waals surface area contributed by atoms with Gasteiger partial charge in [0.25, 0.3) is 5.56 Å². The van der Waals surface area contributed by atoms with E-state index >= 15 is 0 Å². The topological polar surface area (TPSA) is 68.0 Å². The van der Waals surface area contributed by atoms with Crippen molar-refractivity contribution in [1.82, 2.24) is 14.5 Å². The van der Waals surface area contributed by atoms with Crippen molar-refractivity contribution in [1.29, 1.82) is 0 Å². The number of phenols is 1. The first-order valence-corrected chi connectivity index (χ1v) is 8.81. The van der Waals surface area contributed by atoms with Crippen LogP contribution < -0.4 is 5.56 Å². The number of aromatic hydroxyl groups is 1. The average molecular weight is 375 g/mol. The first-order chi connectivity index (χ1) is 13.4. The summed E-state index contributed by atoms with van der Waals surface area (Å²) in [5.74, 6) is -0.199. The van der Waals surface area contributed by atoms with E-state index in [-0.39, 0.29) is 11.1 Å². The number of halogens is 1. The molecule has 0 spiro atoms. The van der Waals surface area contributed by atoms with Gasteiger partial charge in [-0.2, -0.15) is 0 Å². The second-order valence-electron chi connectivity index (χ2n) is 7.06. The van der Waals surface area contributed by atoms with Crippen molar-refractivity contribution in [2.75, 3.05) is 0 Å². The average Bonchev–Trinajstić information content (AvgIpc) is 2.69. The summed E-state index contributed by atoms with van der Waals surface area (Å²) >= 11 is 0. The van der Waals surface area contributed by atoms with Crippen LogP contribution in [0.2, 0.25) is 0 Å². The molecular formula is C22H18FN3O2. The molecule has 0 unspecified atom stereocenters. The van der Waals surface area contributed by atoms with Crippen LogP contribution in [0.1, 0.15) is 19.4 Å². The highest BCUT2D eigenvalue weighted by Gasteiger charge is 2.30. The number of aromatic nitrogens is 3. The second kappa shape index (κ2) is 6.56. The van der Waals surface area contributed by atoms with Gasteiger partial charge in [-0.3, -0.25) is 14.3 Å². The Labute approximate surface area is 160 Å². The van der Waals surface area contributed by atoms with Gasteiger partial charge >= 0.3 is 0 Å². The van der Waals surface area contributed by atoms with Crippen molar-refractivity contribution in [3.05, 3.63) is 88.7 Å². The minimum absolute atomic E-state index is 0.00611. The number of phenolic OH excluding ortho intramolecular Hbond substituents is 1. The highest BCUT2D eigenvalue weighted by Crippen LogP contribution is 2.33. The standard InChI is InChI=1S/C22H18FN3O2/c1-22(2,14-6-5-11-24-13-14)26-20(16-7-3-4-8-19(16)27)25-18-10-9-15(23)12-17(18)21(26)28/h3-13,27H,1-2H3. The number of rotatable bonds is 3. The third kappa shape index (κ3) is 2.83. The molecule has 140 valence electrons. The van der Waals surface area contributed by atoms with Crippen LogP contribution in [0.5, 0.6) is 5.75 Å². The molecule has 4 aromatic rings. The lowest BCUT2D eigenvalue weighted by atomic mass is 9.94. The summed E-state index contributed by atoms with van der Waals surface area (Å²) in [4.78, 5) is 22.2. The van der Waals surface area contributed by atoms with E-state index < -0.39 is 16.9 Å². The van der Waals surface area contributed by atoms with Gasteiger partial charge in [-0.1, -0.05) is 18.2 Å². The third-order valence-electron chi connectivity index (χ3n) is 4.90. The van der Waals surface area contributed by atoms with E-state index in [4.69, 9.17) is 0 Å². The van der Waals surface area contributed by atoms with E-state index in [9.17, 15) is 14.3 Å². The lowest BCUT2D eigenvalue weighted by molar-refractivity contribution is 0.421. The highest BCUT2D eigenvalue weighted by atomic mass is 19.1. The molecule has 6 heteroatoms. The first kappa shape index (κ1) is 17.9. The SMILES string of the molecule is CC(C)(c1cccnc1)n1c(-c2ccccc2O)nc2ccc(F)cc2c1=O. The lowest BCUT2D eigenvalue weighted by Gasteiger charge is -2.30. The molecule has 4 rings (SSSR count). The number of hydrogen-bond donors (Lipinski definition) is 1. The number of fused-ring (bicyclic) bond motifs is 1. The molecule has 0 amide bonds. The summed E-state index contributed by atoms with van der Waals surface area (Å²) in [6.07, 6.45) is 3.33. The predicted molar refractivity (Wildman–Crippen MR) is 106 cm³/mol. The summed E-state index contributed by atoms with van der Waals surface area (Å²) in [5, 5.41) is 10.6. The quantitative estimate of drug-likeness (QED) is 0.586. The molecule has 0 aliphatic heterocycles. The number of benzene rings is 2. The van der Waals surface area contributed by atoms with Gasteiger partial charge in [-0.15, -0.1) is 0 Å². The normalized spacial score (nSPS) is 11.7. The molecule has 2 aromatic carbocycles. The van der Waals surface area contributed by atoms with Crippen molar-refractivity contribution in [2.24, 2.45) is 0 Å². The highest BCUT2D eigenvalue weighted by molar-refractivity contribution is 5.80. The zero-order chi connectivity index (χ0) is 19.9. The molecule has 0 radical (unpaired) electrons. The Morgan fingerprint density at radius 3 is 2.57 bits per heavy atom. The van der Waals surface area contributed by atoms with Crippen molar-refractivity contribution >= 4 is 10.9 Å². The maximum Gasteiger partial charge on any atom is 0.262 e. The van der Waals surface area contributed by atoms with E-state index in [2.05, 4.69) is 9.97 Å². The summed E-state index contributed by atoms with van der Waals surface area (Å²) in [5.41, 5.74) is 0.324. The van der Waals surface area contributed by atoms with Gasteiger partial charge in [0, 0.05) is 12.4 Å². The molecule has 5 nitrogen and oxygen atoms in total. The van der Waals surface area contributed by atoms with E-state index in [1.54, 1.807) is 36.7 Å². The van der Waals surface area contributed by atoms with Crippen LogP contribution in [0.3, 0.4) is 0 Å². The summed E-state index contributed by atoms with van der Waals surface area (Å²) in [7, 11) is 0. The van der Waals surface area contributed by atoms with Gasteiger partial charge in [0.2, 0.25) is 0 Å². The van der Waals surface area contributed by atoms with Gasteiger partial charge in [-0.05, 0) is 55.8 Å². The Kier molecular flexibility index (Phi) is 4.19. The number of para-hydroxylation sites is 1. The Bertz CT molecular complexity index is 1230. The van der Waals surface area contributed by atoms with Gasteiger partial charge in [0.15, 0.2) is 0 Å². The number of pyridine rings is 1. The molecule has 0 atom stereocenters. The van der Waals surface area contributed by atoms with Crippen molar-refractivity contribution in [2.45, 2.75) is 19.4 Å². The number of hydrogen-bond acceptors (Lipinski definition) is 4. The molecule has 0 saturated heterocycles. The van der Waals surface area contributed by atoms with Gasteiger partial charge < -0.3 is 5.11 Å². The lowest BCUT2D eigenvalue weighted by Crippen LogP contribution is -2.39. The fraction of sp³-hybridized carbons (Fsp3) is 0.136. The molecule has 0 fully saturated rings. The van der Waals surface area contributed by atoms with Gasteiger partial charge in [0.05, 0.1) is 22.0 Å². The van der Waals surface area contributed by atoms with Crippen molar-refractivity contribution in [3.63, 3.8) is 0 Å². The fourth-order valence-electron chi connectivity index (χ4n) is 3.37. The zero-order valence-electron chi connectivity index (χ0n) is 15.4. The molecule has 2 aromatic heterocycles. The minimum Gasteiger partial charge on any atom is -0.507 e. The Balaban J connectivity index is 2.14. The molecule has 0 aliphatic carbocycles. The molecule has 0 aliphatic rings. The fourth-order valence-corrected chi connectivity index (χ4v) is 3.37. The van der Waals surface area contributed by atoms with E-state index in [1.165, 1.54) is 28.8 Å². The monoisotopic (exact) mass is 375 g/mol.